The minimum atomic E-state index is 0.189. The number of hydrogen-bond acceptors (Lipinski definition) is 5. The quantitative estimate of drug-likeness (QED) is 0.876. The summed E-state index contributed by atoms with van der Waals surface area (Å²) in [5, 5.41) is 9.66. The molecule has 7 heteroatoms. The molecule has 3 rings (SSSR count). The van der Waals surface area contributed by atoms with Gasteiger partial charge in [0.15, 0.2) is 0 Å². The molecule has 0 radical (unpaired) electrons. The maximum Gasteiger partial charge on any atom is 0.238 e. The molecule has 1 aliphatic rings. The van der Waals surface area contributed by atoms with Crippen molar-refractivity contribution in [2.75, 3.05) is 18.1 Å². The van der Waals surface area contributed by atoms with Crippen LogP contribution in [0.2, 0.25) is 5.15 Å². The monoisotopic (exact) mass is 307 g/mol. The van der Waals surface area contributed by atoms with Crippen LogP contribution in [0.25, 0.3) is 5.95 Å². The van der Waals surface area contributed by atoms with Crippen LogP contribution in [0.3, 0.4) is 0 Å². The standard InChI is InChI=1S/C14H18ClN5O/c15-12-9-13(18-14(17-12)19-7-5-16-10-19)20-6-2-1-3-11(20)4-8-21/h5,7,9-11,21H,1-4,6,8H2. The van der Waals surface area contributed by atoms with E-state index in [0.717, 1.165) is 31.6 Å². The molecule has 1 N–H and O–H groups in total. The second-order valence-electron chi connectivity index (χ2n) is 5.17. The summed E-state index contributed by atoms with van der Waals surface area (Å²) < 4.78 is 1.74. The van der Waals surface area contributed by atoms with Gasteiger partial charge in [-0.15, -0.1) is 0 Å². The van der Waals surface area contributed by atoms with Crippen molar-refractivity contribution in [3.05, 3.63) is 29.9 Å². The van der Waals surface area contributed by atoms with E-state index in [1.54, 1.807) is 29.4 Å². The lowest BCUT2D eigenvalue weighted by Crippen LogP contribution is -2.40. The molecule has 1 aliphatic heterocycles. The second kappa shape index (κ2) is 6.41. The summed E-state index contributed by atoms with van der Waals surface area (Å²) in [6.45, 7) is 1.12. The Labute approximate surface area is 128 Å². The lowest BCUT2D eigenvalue weighted by atomic mass is 10.00. The minimum Gasteiger partial charge on any atom is -0.396 e. The van der Waals surface area contributed by atoms with E-state index in [-0.39, 0.29) is 6.61 Å². The topological polar surface area (TPSA) is 67.1 Å². The van der Waals surface area contributed by atoms with Crippen LogP contribution in [0.4, 0.5) is 5.82 Å². The van der Waals surface area contributed by atoms with Crippen LogP contribution in [0.1, 0.15) is 25.7 Å². The Morgan fingerprint density at radius 1 is 1.33 bits per heavy atom. The highest BCUT2D eigenvalue weighted by Gasteiger charge is 2.24. The predicted octanol–water partition coefficient (Wildman–Crippen LogP) is 2.06. The molecule has 1 saturated heterocycles. The van der Waals surface area contributed by atoms with E-state index in [1.807, 2.05) is 0 Å². The molecule has 3 heterocycles. The number of halogens is 1. The van der Waals surface area contributed by atoms with Crippen LogP contribution in [0.5, 0.6) is 0 Å². The van der Waals surface area contributed by atoms with Gasteiger partial charge in [-0.3, -0.25) is 4.57 Å². The summed E-state index contributed by atoms with van der Waals surface area (Å²) in [5.74, 6) is 1.33. The fourth-order valence-electron chi connectivity index (χ4n) is 2.79. The van der Waals surface area contributed by atoms with Crippen molar-refractivity contribution in [1.82, 2.24) is 19.5 Å². The van der Waals surface area contributed by atoms with Gasteiger partial charge in [-0.05, 0) is 25.7 Å². The van der Waals surface area contributed by atoms with Gasteiger partial charge < -0.3 is 10.0 Å². The normalized spacial score (nSPS) is 19.0. The van der Waals surface area contributed by atoms with E-state index in [4.69, 9.17) is 11.6 Å². The van der Waals surface area contributed by atoms with Gasteiger partial charge >= 0.3 is 0 Å². The summed E-state index contributed by atoms with van der Waals surface area (Å²) >= 11 is 6.15. The molecule has 2 aromatic rings. The molecule has 0 saturated carbocycles. The first-order chi connectivity index (χ1) is 10.3. The van der Waals surface area contributed by atoms with Crippen LogP contribution in [0.15, 0.2) is 24.8 Å². The lowest BCUT2D eigenvalue weighted by molar-refractivity contribution is 0.262. The van der Waals surface area contributed by atoms with Crippen molar-refractivity contribution >= 4 is 17.4 Å². The summed E-state index contributed by atoms with van der Waals surface area (Å²) in [6.07, 6.45) is 9.26. The molecule has 21 heavy (non-hydrogen) atoms. The van der Waals surface area contributed by atoms with E-state index in [0.29, 0.717) is 17.1 Å². The lowest BCUT2D eigenvalue weighted by Gasteiger charge is -2.36. The average Bonchev–Trinajstić information content (AvgIpc) is 3.02. The largest absolute Gasteiger partial charge is 0.396 e. The summed E-state index contributed by atoms with van der Waals surface area (Å²) in [5.41, 5.74) is 0. The van der Waals surface area contributed by atoms with Gasteiger partial charge in [0, 0.05) is 37.7 Å². The van der Waals surface area contributed by atoms with Gasteiger partial charge in [-0.2, -0.15) is 4.98 Å². The molecule has 1 unspecified atom stereocenters. The number of rotatable bonds is 4. The van der Waals surface area contributed by atoms with E-state index in [9.17, 15) is 5.11 Å². The van der Waals surface area contributed by atoms with Crippen molar-refractivity contribution in [2.24, 2.45) is 0 Å². The van der Waals surface area contributed by atoms with Crippen molar-refractivity contribution in [3.63, 3.8) is 0 Å². The molecular weight excluding hydrogens is 290 g/mol. The number of aromatic nitrogens is 4. The van der Waals surface area contributed by atoms with Crippen LogP contribution in [0, 0.1) is 0 Å². The Balaban J connectivity index is 1.93. The van der Waals surface area contributed by atoms with Crippen molar-refractivity contribution < 1.29 is 5.11 Å². The SMILES string of the molecule is OCCC1CCCCN1c1cc(Cl)nc(-n2ccnc2)n1. The smallest absolute Gasteiger partial charge is 0.238 e. The number of nitrogens with zero attached hydrogens (tertiary/aromatic N) is 5. The molecule has 2 aromatic heterocycles. The Bertz CT molecular complexity index is 587. The van der Waals surface area contributed by atoms with Crippen molar-refractivity contribution in [1.29, 1.82) is 0 Å². The van der Waals surface area contributed by atoms with Gasteiger partial charge in [0.2, 0.25) is 5.95 Å². The summed E-state index contributed by atoms with van der Waals surface area (Å²) in [6, 6.07) is 2.10. The summed E-state index contributed by atoms with van der Waals surface area (Å²) in [7, 11) is 0. The molecule has 0 bridgehead atoms. The fourth-order valence-corrected chi connectivity index (χ4v) is 2.96. The predicted molar refractivity (Wildman–Crippen MR) is 80.9 cm³/mol. The molecule has 0 amide bonds. The third kappa shape index (κ3) is 3.16. The third-order valence-corrected chi connectivity index (χ3v) is 3.98. The van der Waals surface area contributed by atoms with Gasteiger partial charge in [0.05, 0.1) is 0 Å². The van der Waals surface area contributed by atoms with Gasteiger partial charge in [-0.1, -0.05) is 11.6 Å². The molecule has 1 fully saturated rings. The van der Waals surface area contributed by atoms with Crippen LogP contribution < -0.4 is 4.90 Å². The highest BCUT2D eigenvalue weighted by molar-refractivity contribution is 6.29. The van der Waals surface area contributed by atoms with E-state index >= 15 is 0 Å². The molecule has 0 spiro atoms. The molecule has 6 nitrogen and oxygen atoms in total. The maximum absolute atomic E-state index is 9.24. The first-order valence-corrected chi connectivity index (χ1v) is 7.56. The fraction of sp³-hybridized carbons (Fsp3) is 0.500. The average molecular weight is 308 g/mol. The van der Waals surface area contributed by atoms with Gasteiger partial charge in [-0.25, -0.2) is 9.97 Å². The number of aliphatic hydroxyl groups excluding tert-OH is 1. The van der Waals surface area contributed by atoms with Gasteiger partial charge in [0.25, 0.3) is 0 Å². The Morgan fingerprint density at radius 2 is 2.24 bits per heavy atom. The van der Waals surface area contributed by atoms with E-state index in [1.165, 1.54) is 6.42 Å². The van der Waals surface area contributed by atoms with Crippen LogP contribution in [-0.2, 0) is 0 Å². The van der Waals surface area contributed by atoms with Crippen molar-refractivity contribution in [3.8, 4) is 5.95 Å². The maximum atomic E-state index is 9.24. The number of anilines is 1. The Morgan fingerprint density at radius 3 is 3.00 bits per heavy atom. The van der Waals surface area contributed by atoms with Crippen LogP contribution in [-0.4, -0.2) is 43.8 Å². The number of aliphatic hydroxyl groups is 1. The highest BCUT2D eigenvalue weighted by atomic mass is 35.5. The zero-order valence-electron chi connectivity index (χ0n) is 11.7. The molecule has 0 aromatic carbocycles. The molecule has 1 atom stereocenters. The second-order valence-corrected chi connectivity index (χ2v) is 5.56. The zero-order chi connectivity index (χ0) is 14.7. The first kappa shape index (κ1) is 14.3. The van der Waals surface area contributed by atoms with Crippen molar-refractivity contribution in [2.45, 2.75) is 31.7 Å². The third-order valence-electron chi connectivity index (χ3n) is 3.79. The number of hydrogen-bond donors (Lipinski definition) is 1. The minimum absolute atomic E-state index is 0.189. The summed E-state index contributed by atoms with van der Waals surface area (Å²) in [4.78, 5) is 15.1. The number of imidazole rings is 1. The highest BCUT2D eigenvalue weighted by Crippen LogP contribution is 2.27. The van der Waals surface area contributed by atoms with E-state index in [2.05, 4.69) is 19.9 Å². The molecular formula is C14H18ClN5O. The Hall–Kier alpha value is -1.66. The molecule has 112 valence electrons. The molecule has 0 aliphatic carbocycles. The Kier molecular flexibility index (Phi) is 4.36. The zero-order valence-corrected chi connectivity index (χ0v) is 12.4. The van der Waals surface area contributed by atoms with Gasteiger partial charge in [0.1, 0.15) is 17.3 Å². The van der Waals surface area contributed by atoms with E-state index < -0.39 is 0 Å². The first-order valence-electron chi connectivity index (χ1n) is 7.18. The van der Waals surface area contributed by atoms with Crippen LogP contribution >= 0.6 is 11.6 Å². The number of piperidine rings is 1.